The molecular weight excluding hydrogens is 412 g/mol. The molecule has 2 aliphatic rings. The summed E-state index contributed by atoms with van der Waals surface area (Å²) >= 11 is 0. The van der Waals surface area contributed by atoms with Gasteiger partial charge in [0.2, 0.25) is 0 Å². The lowest BCUT2D eigenvalue weighted by molar-refractivity contribution is -0.203. The van der Waals surface area contributed by atoms with Gasteiger partial charge in [0.05, 0.1) is 20.8 Å². The van der Waals surface area contributed by atoms with Crippen LogP contribution in [0, 0.1) is 11.8 Å². The van der Waals surface area contributed by atoms with E-state index in [9.17, 15) is 9.90 Å². The monoisotopic (exact) mass is 452 g/mol. The van der Waals surface area contributed by atoms with E-state index >= 15 is 0 Å². The third kappa shape index (κ3) is 6.13. The zero-order chi connectivity index (χ0) is 24.1. The van der Waals surface area contributed by atoms with E-state index in [2.05, 4.69) is 18.7 Å². The van der Waals surface area contributed by atoms with Gasteiger partial charge in [0, 0.05) is 37.1 Å². The van der Waals surface area contributed by atoms with Crippen LogP contribution in [0.3, 0.4) is 0 Å². The number of nitrogens with two attached hydrogens (primary N) is 1. The molecule has 182 valence electrons. The van der Waals surface area contributed by atoms with E-state index in [0.717, 1.165) is 30.5 Å². The van der Waals surface area contributed by atoms with Gasteiger partial charge in [-0.05, 0) is 50.3 Å². The molecule has 0 aromatic heterocycles. The second-order valence-corrected chi connectivity index (χ2v) is 9.30. The van der Waals surface area contributed by atoms with Crippen LogP contribution in [0.15, 0.2) is 12.1 Å². The molecule has 0 radical (unpaired) electrons. The third-order valence-corrected chi connectivity index (χ3v) is 5.91. The van der Waals surface area contributed by atoms with Crippen LogP contribution >= 0.6 is 0 Å². The van der Waals surface area contributed by atoms with E-state index < -0.39 is 11.7 Å². The van der Waals surface area contributed by atoms with E-state index in [-0.39, 0.29) is 24.7 Å². The van der Waals surface area contributed by atoms with Gasteiger partial charge in [-0.1, -0.05) is 13.8 Å². The van der Waals surface area contributed by atoms with Crippen LogP contribution in [0.4, 0.5) is 0 Å². The predicted octanol–water partition coefficient (Wildman–Crippen LogP) is 2.03. The molecule has 0 aliphatic carbocycles. The molecule has 0 amide bonds. The van der Waals surface area contributed by atoms with Gasteiger partial charge >= 0.3 is 5.97 Å². The average Bonchev–Trinajstić information content (AvgIpc) is 2.72. The summed E-state index contributed by atoms with van der Waals surface area (Å²) in [5.41, 5.74) is 6.09. The van der Waals surface area contributed by atoms with Crippen molar-refractivity contribution in [1.29, 1.82) is 0 Å². The Morgan fingerprint density at radius 2 is 1.81 bits per heavy atom. The SMILES string of the molecule is CC(C)O.COc1cc2c(cc1OC)C1(O)CC(OC(=O)CN)C(CC(C)C)CN1CC2. The summed E-state index contributed by atoms with van der Waals surface area (Å²) in [7, 11) is 3.19. The van der Waals surface area contributed by atoms with Gasteiger partial charge in [-0.2, -0.15) is 0 Å². The van der Waals surface area contributed by atoms with Crippen LogP contribution < -0.4 is 15.2 Å². The molecule has 1 aromatic rings. The molecule has 8 heteroatoms. The van der Waals surface area contributed by atoms with Crippen LogP contribution in [0.25, 0.3) is 0 Å². The molecule has 3 rings (SSSR count). The Morgan fingerprint density at radius 1 is 1.22 bits per heavy atom. The number of rotatable bonds is 6. The fourth-order valence-electron chi connectivity index (χ4n) is 4.63. The fourth-order valence-corrected chi connectivity index (χ4v) is 4.63. The first-order valence-electron chi connectivity index (χ1n) is 11.4. The van der Waals surface area contributed by atoms with Crippen molar-refractivity contribution >= 4 is 5.97 Å². The van der Waals surface area contributed by atoms with Crippen molar-refractivity contribution in [2.75, 3.05) is 33.9 Å². The number of fused-ring (bicyclic) bond motifs is 3. The largest absolute Gasteiger partial charge is 0.493 e. The summed E-state index contributed by atoms with van der Waals surface area (Å²) in [5, 5.41) is 19.8. The van der Waals surface area contributed by atoms with Gasteiger partial charge in [0.25, 0.3) is 0 Å². The van der Waals surface area contributed by atoms with Crippen molar-refractivity contribution in [2.24, 2.45) is 17.6 Å². The van der Waals surface area contributed by atoms with Crippen molar-refractivity contribution in [3.05, 3.63) is 23.3 Å². The van der Waals surface area contributed by atoms with Gasteiger partial charge in [0.15, 0.2) is 11.5 Å². The van der Waals surface area contributed by atoms with Gasteiger partial charge in [-0.25, -0.2) is 0 Å². The molecule has 4 N–H and O–H groups in total. The second-order valence-electron chi connectivity index (χ2n) is 9.30. The van der Waals surface area contributed by atoms with Gasteiger partial charge < -0.3 is 30.2 Å². The van der Waals surface area contributed by atoms with Crippen LogP contribution in [-0.2, 0) is 21.7 Å². The smallest absolute Gasteiger partial charge is 0.319 e. The number of aliphatic hydroxyl groups is 2. The van der Waals surface area contributed by atoms with E-state index in [1.807, 2.05) is 12.1 Å². The summed E-state index contributed by atoms with van der Waals surface area (Å²) in [5.74, 6) is 1.43. The molecule has 3 atom stereocenters. The highest BCUT2D eigenvalue weighted by Gasteiger charge is 2.50. The maximum atomic E-state index is 11.9. The Kier molecular flexibility index (Phi) is 9.33. The molecule has 0 spiro atoms. The molecule has 3 unspecified atom stereocenters. The lowest BCUT2D eigenvalue weighted by Gasteiger charge is -2.52. The molecular formula is C24H40N2O6. The number of carbonyl (C=O) groups excluding carboxylic acids is 1. The minimum absolute atomic E-state index is 0.158. The number of esters is 1. The number of aliphatic hydroxyl groups excluding tert-OH is 1. The van der Waals surface area contributed by atoms with Gasteiger partial charge in [0.1, 0.15) is 11.8 Å². The summed E-state index contributed by atoms with van der Waals surface area (Å²) in [6.45, 7) is 9.02. The molecule has 2 heterocycles. The number of benzene rings is 1. The molecule has 0 bridgehead atoms. The fraction of sp³-hybridized carbons (Fsp3) is 0.708. The Balaban J connectivity index is 0.000000837. The molecule has 2 aliphatic heterocycles. The lowest BCUT2D eigenvalue weighted by Crippen LogP contribution is -2.60. The predicted molar refractivity (Wildman–Crippen MR) is 123 cm³/mol. The maximum Gasteiger partial charge on any atom is 0.319 e. The number of hydrogen-bond acceptors (Lipinski definition) is 8. The van der Waals surface area contributed by atoms with Crippen molar-refractivity contribution < 1.29 is 29.2 Å². The first kappa shape index (κ1) is 26.4. The quantitative estimate of drug-likeness (QED) is 0.562. The van der Waals surface area contributed by atoms with E-state index in [4.69, 9.17) is 25.1 Å². The lowest BCUT2D eigenvalue weighted by atomic mass is 9.76. The number of ether oxygens (including phenoxy) is 3. The van der Waals surface area contributed by atoms with E-state index in [1.165, 1.54) is 0 Å². The number of nitrogens with zero attached hydrogens (tertiary/aromatic N) is 1. The minimum atomic E-state index is -1.21. The number of carbonyl (C=O) groups is 1. The first-order valence-corrected chi connectivity index (χ1v) is 11.4. The van der Waals surface area contributed by atoms with Crippen molar-refractivity contribution in [2.45, 2.75) is 64.9 Å². The van der Waals surface area contributed by atoms with E-state index in [0.29, 0.717) is 30.4 Å². The van der Waals surface area contributed by atoms with Crippen LogP contribution in [0.5, 0.6) is 11.5 Å². The topological polar surface area (TPSA) is 114 Å². The molecule has 32 heavy (non-hydrogen) atoms. The molecule has 0 saturated carbocycles. The summed E-state index contributed by atoms with van der Waals surface area (Å²) in [6, 6.07) is 3.79. The normalized spacial score (nSPS) is 24.8. The van der Waals surface area contributed by atoms with Gasteiger partial charge in [-0.3, -0.25) is 9.69 Å². The Morgan fingerprint density at radius 3 is 2.34 bits per heavy atom. The van der Waals surface area contributed by atoms with Crippen LogP contribution in [-0.4, -0.2) is 67.1 Å². The minimum Gasteiger partial charge on any atom is -0.493 e. The van der Waals surface area contributed by atoms with Crippen LogP contribution in [0.2, 0.25) is 0 Å². The molecule has 8 nitrogen and oxygen atoms in total. The van der Waals surface area contributed by atoms with Gasteiger partial charge in [-0.15, -0.1) is 0 Å². The van der Waals surface area contributed by atoms with Crippen molar-refractivity contribution in [3.8, 4) is 11.5 Å². The first-order chi connectivity index (χ1) is 15.0. The zero-order valence-electron chi connectivity index (χ0n) is 20.3. The number of hydrogen-bond donors (Lipinski definition) is 3. The Bertz CT molecular complexity index is 766. The second kappa shape index (κ2) is 11.3. The standard InChI is InChI=1S/C21H32N2O5.C3H8O/c1-13(2)7-15-12-23-6-5-14-8-17(26-3)18(27-4)9-16(14)21(23,25)10-19(15)28-20(24)11-22;1-3(2)4/h8-9,13,15,19,25H,5-7,10-12,22H2,1-4H3;3-4H,1-2H3. The molecule has 1 aromatic carbocycles. The molecule has 1 fully saturated rings. The van der Waals surface area contributed by atoms with Crippen LogP contribution in [0.1, 0.15) is 51.7 Å². The van der Waals surface area contributed by atoms with Crippen molar-refractivity contribution in [3.63, 3.8) is 0 Å². The van der Waals surface area contributed by atoms with E-state index in [1.54, 1.807) is 28.1 Å². The molecule has 1 saturated heterocycles. The summed E-state index contributed by atoms with van der Waals surface area (Å²) in [6.07, 6.45) is 1.52. The number of piperidine rings is 1. The average molecular weight is 453 g/mol. The number of methoxy groups -OCH3 is 2. The third-order valence-electron chi connectivity index (χ3n) is 5.91. The maximum absolute atomic E-state index is 11.9. The zero-order valence-corrected chi connectivity index (χ0v) is 20.3. The highest BCUT2D eigenvalue weighted by atomic mass is 16.5. The highest BCUT2D eigenvalue weighted by molar-refractivity contribution is 5.71. The summed E-state index contributed by atoms with van der Waals surface area (Å²) in [4.78, 5) is 14.0. The highest BCUT2D eigenvalue weighted by Crippen LogP contribution is 2.46. The Hall–Kier alpha value is -1.87. The van der Waals surface area contributed by atoms with Crippen molar-refractivity contribution in [1.82, 2.24) is 4.90 Å². The summed E-state index contributed by atoms with van der Waals surface area (Å²) < 4.78 is 16.5. The Labute approximate surface area is 191 Å².